The molecule has 0 saturated carbocycles. The van der Waals surface area contributed by atoms with Gasteiger partial charge in [0, 0.05) is 12.1 Å². The Morgan fingerprint density at radius 2 is 1.83 bits per heavy atom. The molecule has 2 aliphatic heterocycles. The molecule has 2 aromatic carbocycles. The lowest BCUT2D eigenvalue weighted by molar-refractivity contribution is -0.119. The van der Waals surface area contributed by atoms with Crippen molar-refractivity contribution in [3.05, 3.63) is 48.0 Å². The van der Waals surface area contributed by atoms with Crippen LogP contribution < -0.4 is 19.7 Å². The summed E-state index contributed by atoms with van der Waals surface area (Å²) >= 11 is 0. The summed E-state index contributed by atoms with van der Waals surface area (Å²) in [4.78, 5) is 14.7. The molecule has 5 nitrogen and oxygen atoms in total. The van der Waals surface area contributed by atoms with E-state index in [1.807, 2.05) is 54.3 Å². The molecule has 1 N–H and O–H groups in total. The number of nitrogens with one attached hydrogen (secondary N) is 1. The Kier molecular flexibility index (Phi) is 3.76. The van der Waals surface area contributed by atoms with E-state index in [0.29, 0.717) is 25.5 Å². The fourth-order valence-corrected chi connectivity index (χ4v) is 3.18. The van der Waals surface area contributed by atoms with E-state index in [9.17, 15) is 4.79 Å². The Balaban J connectivity index is 1.76. The highest BCUT2D eigenvalue weighted by atomic mass is 16.6. The highest BCUT2D eigenvalue weighted by molar-refractivity contribution is 6.05. The summed E-state index contributed by atoms with van der Waals surface area (Å²) in [5.74, 6) is 1.52. The van der Waals surface area contributed by atoms with Gasteiger partial charge in [0.25, 0.3) is 0 Å². The third kappa shape index (κ3) is 2.56. The zero-order valence-electron chi connectivity index (χ0n) is 13.6. The van der Waals surface area contributed by atoms with Gasteiger partial charge in [0.1, 0.15) is 19.3 Å². The molecule has 0 saturated heterocycles. The molecule has 5 heteroatoms. The van der Waals surface area contributed by atoms with E-state index in [2.05, 4.69) is 5.32 Å². The molecule has 2 aromatic rings. The molecule has 0 aliphatic carbocycles. The van der Waals surface area contributed by atoms with Crippen LogP contribution in [-0.2, 0) is 11.3 Å². The largest absolute Gasteiger partial charge is 0.486 e. The number of carbonyl (C=O) groups is 1. The minimum absolute atomic E-state index is 0.0885. The zero-order valence-corrected chi connectivity index (χ0v) is 13.6. The molecule has 0 spiro atoms. The van der Waals surface area contributed by atoms with Crippen LogP contribution in [0.15, 0.2) is 42.5 Å². The summed E-state index contributed by atoms with van der Waals surface area (Å²) in [6.45, 7) is 3.64. The Labute approximate surface area is 141 Å². The van der Waals surface area contributed by atoms with Gasteiger partial charge in [0.05, 0.1) is 17.9 Å². The fourth-order valence-electron chi connectivity index (χ4n) is 3.18. The van der Waals surface area contributed by atoms with Gasteiger partial charge >= 0.3 is 0 Å². The lowest BCUT2D eigenvalue weighted by atomic mass is 10.0. The Bertz CT molecular complexity index is 761. The van der Waals surface area contributed by atoms with Crippen LogP contribution in [0.5, 0.6) is 11.5 Å². The number of rotatable bonds is 3. The van der Waals surface area contributed by atoms with Gasteiger partial charge in [-0.25, -0.2) is 0 Å². The van der Waals surface area contributed by atoms with Gasteiger partial charge in [0.15, 0.2) is 11.5 Å². The summed E-state index contributed by atoms with van der Waals surface area (Å²) in [5, 5.41) is 3.34. The molecular weight excluding hydrogens is 304 g/mol. The van der Waals surface area contributed by atoms with Crippen LogP contribution in [0, 0.1) is 0 Å². The Hall–Kier alpha value is -2.69. The topological polar surface area (TPSA) is 50.8 Å². The summed E-state index contributed by atoms with van der Waals surface area (Å²) < 4.78 is 11.4. The zero-order chi connectivity index (χ0) is 16.5. The van der Waals surface area contributed by atoms with E-state index < -0.39 is 0 Å². The number of fused-ring (bicyclic) bond motifs is 2. The van der Waals surface area contributed by atoms with Crippen molar-refractivity contribution >= 4 is 17.3 Å². The normalized spacial score (nSPS) is 18.8. The number of nitrogens with zero attached hydrogens (tertiary/aromatic N) is 1. The highest BCUT2D eigenvalue weighted by Crippen LogP contribution is 2.43. The van der Waals surface area contributed by atoms with Crippen LogP contribution in [0.4, 0.5) is 11.4 Å². The van der Waals surface area contributed by atoms with Crippen LogP contribution in [-0.4, -0.2) is 25.2 Å². The SMILES string of the molecule is CCC1Nc2cc3c(cc2N(Cc2ccccc2)C1=O)OCCO3. The van der Waals surface area contributed by atoms with E-state index in [1.54, 1.807) is 0 Å². The number of benzene rings is 2. The molecule has 124 valence electrons. The highest BCUT2D eigenvalue weighted by Gasteiger charge is 2.33. The molecule has 2 aliphatic rings. The van der Waals surface area contributed by atoms with Gasteiger partial charge in [-0.3, -0.25) is 4.79 Å². The first-order valence-corrected chi connectivity index (χ1v) is 8.31. The first-order valence-electron chi connectivity index (χ1n) is 8.31. The van der Waals surface area contributed by atoms with Gasteiger partial charge < -0.3 is 19.7 Å². The maximum absolute atomic E-state index is 12.9. The molecule has 24 heavy (non-hydrogen) atoms. The van der Waals surface area contributed by atoms with Crippen molar-refractivity contribution in [2.24, 2.45) is 0 Å². The van der Waals surface area contributed by atoms with Crippen molar-refractivity contribution in [2.45, 2.75) is 25.9 Å². The summed E-state index contributed by atoms with van der Waals surface area (Å²) in [6, 6.07) is 13.7. The Morgan fingerprint density at radius 3 is 2.54 bits per heavy atom. The summed E-state index contributed by atoms with van der Waals surface area (Å²) in [7, 11) is 0. The van der Waals surface area contributed by atoms with E-state index in [4.69, 9.17) is 9.47 Å². The van der Waals surface area contributed by atoms with Crippen LogP contribution in [0.3, 0.4) is 0 Å². The predicted octanol–water partition coefficient (Wildman–Crippen LogP) is 3.20. The van der Waals surface area contributed by atoms with Crippen molar-refractivity contribution < 1.29 is 14.3 Å². The summed E-state index contributed by atoms with van der Waals surface area (Å²) in [5.41, 5.74) is 2.86. The monoisotopic (exact) mass is 324 g/mol. The van der Waals surface area contributed by atoms with Gasteiger partial charge in [-0.05, 0) is 12.0 Å². The van der Waals surface area contributed by atoms with Crippen molar-refractivity contribution in [1.82, 2.24) is 0 Å². The average molecular weight is 324 g/mol. The second-order valence-electron chi connectivity index (χ2n) is 6.03. The molecule has 4 rings (SSSR count). The average Bonchev–Trinajstić information content (AvgIpc) is 2.63. The molecule has 1 amide bonds. The second kappa shape index (κ2) is 6.07. The van der Waals surface area contributed by atoms with Crippen molar-refractivity contribution in [2.75, 3.05) is 23.4 Å². The maximum atomic E-state index is 12.9. The smallest absolute Gasteiger partial charge is 0.249 e. The number of hydrogen-bond acceptors (Lipinski definition) is 4. The lowest BCUT2D eigenvalue weighted by Crippen LogP contribution is -2.46. The van der Waals surface area contributed by atoms with Crippen LogP contribution >= 0.6 is 0 Å². The molecule has 1 unspecified atom stereocenters. The minimum Gasteiger partial charge on any atom is -0.486 e. The van der Waals surface area contributed by atoms with Crippen molar-refractivity contribution in [1.29, 1.82) is 0 Å². The first kappa shape index (κ1) is 14.9. The number of carbonyl (C=O) groups excluding carboxylic acids is 1. The quantitative estimate of drug-likeness (QED) is 0.942. The minimum atomic E-state index is -0.219. The van der Waals surface area contributed by atoms with Gasteiger partial charge in [-0.2, -0.15) is 0 Å². The fraction of sp³-hybridized carbons (Fsp3) is 0.316. The molecule has 1 atom stereocenters. The number of hydrogen-bond donors (Lipinski definition) is 1. The third-order valence-electron chi connectivity index (χ3n) is 4.44. The molecule has 0 aromatic heterocycles. The van der Waals surface area contributed by atoms with Crippen LogP contribution in [0.2, 0.25) is 0 Å². The van der Waals surface area contributed by atoms with Gasteiger partial charge in [-0.15, -0.1) is 0 Å². The van der Waals surface area contributed by atoms with Crippen LogP contribution in [0.1, 0.15) is 18.9 Å². The van der Waals surface area contributed by atoms with Crippen LogP contribution in [0.25, 0.3) is 0 Å². The first-order chi connectivity index (χ1) is 11.8. The van der Waals surface area contributed by atoms with Crippen molar-refractivity contribution in [3.63, 3.8) is 0 Å². The molecule has 2 heterocycles. The van der Waals surface area contributed by atoms with E-state index >= 15 is 0 Å². The standard InChI is InChI=1S/C19H20N2O3/c1-2-14-19(22)21(12-13-6-4-3-5-7-13)16-11-18-17(10-15(16)20-14)23-8-9-24-18/h3-7,10-11,14,20H,2,8-9,12H2,1H3. The number of ether oxygens (including phenoxy) is 2. The number of amides is 1. The molecule has 0 radical (unpaired) electrons. The molecule has 0 fully saturated rings. The molecular formula is C19H20N2O3. The summed E-state index contributed by atoms with van der Waals surface area (Å²) in [6.07, 6.45) is 0.734. The number of anilines is 2. The van der Waals surface area contributed by atoms with E-state index in [-0.39, 0.29) is 11.9 Å². The second-order valence-corrected chi connectivity index (χ2v) is 6.03. The molecule has 0 bridgehead atoms. The Morgan fingerprint density at radius 1 is 1.12 bits per heavy atom. The predicted molar refractivity (Wildman–Crippen MR) is 92.8 cm³/mol. The maximum Gasteiger partial charge on any atom is 0.249 e. The lowest BCUT2D eigenvalue weighted by Gasteiger charge is -2.36. The van der Waals surface area contributed by atoms with Gasteiger partial charge in [0.2, 0.25) is 5.91 Å². The van der Waals surface area contributed by atoms with E-state index in [1.165, 1.54) is 0 Å². The van der Waals surface area contributed by atoms with E-state index in [0.717, 1.165) is 29.1 Å². The third-order valence-corrected chi connectivity index (χ3v) is 4.44. The van der Waals surface area contributed by atoms with Gasteiger partial charge in [-0.1, -0.05) is 37.3 Å². The van der Waals surface area contributed by atoms with Crippen molar-refractivity contribution in [3.8, 4) is 11.5 Å².